The van der Waals surface area contributed by atoms with Crippen molar-refractivity contribution in [1.82, 2.24) is 9.88 Å². The number of hydrogen-bond acceptors (Lipinski definition) is 3. The van der Waals surface area contributed by atoms with Crippen LogP contribution in [-0.4, -0.2) is 34.6 Å². The molecule has 3 nitrogen and oxygen atoms in total. The Morgan fingerprint density at radius 3 is 2.88 bits per heavy atom. The van der Waals surface area contributed by atoms with Crippen molar-refractivity contribution in [3.8, 4) is 5.75 Å². The van der Waals surface area contributed by atoms with Crippen molar-refractivity contribution in [3.05, 3.63) is 24.0 Å². The Morgan fingerprint density at radius 2 is 2.31 bits per heavy atom. The van der Waals surface area contributed by atoms with Crippen molar-refractivity contribution in [2.75, 3.05) is 13.6 Å². The molecular formula is C12H19ClN2O. The predicted octanol–water partition coefficient (Wildman–Crippen LogP) is 2.41. The highest BCUT2D eigenvalue weighted by molar-refractivity contribution is 5.85. The SMILES string of the molecule is CC(c1ncccc1O)[C@@H]1CCCN1C.Cl. The van der Waals surface area contributed by atoms with Gasteiger partial charge in [0.25, 0.3) is 0 Å². The third kappa shape index (κ3) is 2.47. The zero-order chi connectivity index (χ0) is 10.8. The molecular weight excluding hydrogens is 224 g/mol. The number of nitrogens with zero attached hydrogens (tertiary/aromatic N) is 2. The molecule has 1 fully saturated rings. The second-order valence-electron chi connectivity index (χ2n) is 4.39. The first kappa shape index (κ1) is 13.3. The van der Waals surface area contributed by atoms with Crippen molar-refractivity contribution in [2.45, 2.75) is 31.7 Å². The first-order valence-electron chi connectivity index (χ1n) is 5.54. The molecule has 4 heteroatoms. The Labute approximate surface area is 103 Å². The number of hydrogen-bond donors (Lipinski definition) is 1. The molecule has 1 aromatic heterocycles. The van der Waals surface area contributed by atoms with Crippen molar-refractivity contribution < 1.29 is 5.11 Å². The van der Waals surface area contributed by atoms with E-state index in [0.29, 0.717) is 17.7 Å². The van der Waals surface area contributed by atoms with Gasteiger partial charge in [-0.15, -0.1) is 12.4 Å². The van der Waals surface area contributed by atoms with E-state index in [9.17, 15) is 5.11 Å². The minimum atomic E-state index is 0. The van der Waals surface area contributed by atoms with E-state index in [1.54, 1.807) is 18.3 Å². The van der Waals surface area contributed by atoms with Crippen LogP contribution < -0.4 is 0 Å². The molecule has 0 aromatic carbocycles. The molecule has 0 amide bonds. The van der Waals surface area contributed by atoms with Crippen LogP contribution in [-0.2, 0) is 0 Å². The van der Waals surface area contributed by atoms with Gasteiger partial charge in [-0.1, -0.05) is 6.92 Å². The summed E-state index contributed by atoms with van der Waals surface area (Å²) in [5, 5.41) is 9.75. The minimum absolute atomic E-state index is 0. The minimum Gasteiger partial charge on any atom is -0.506 e. The normalized spacial score (nSPS) is 22.8. The van der Waals surface area contributed by atoms with Crippen LogP contribution >= 0.6 is 12.4 Å². The van der Waals surface area contributed by atoms with Gasteiger partial charge < -0.3 is 10.0 Å². The third-order valence-corrected chi connectivity index (χ3v) is 3.40. The van der Waals surface area contributed by atoms with Gasteiger partial charge in [-0.3, -0.25) is 4.98 Å². The topological polar surface area (TPSA) is 36.4 Å². The maximum Gasteiger partial charge on any atom is 0.137 e. The van der Waals surface area contributed by atoms with Crippen LogP contribution in [0.1, 0.15) is 31.4 Å². The average Bonchev–Trinajstić information content (AvgIpc) is 2.64. The van der Waals surface area contributed by atoms with E-state index in [4.69, 9.17) is 0 Å². The molecule has 1 aliphatic heterocycles. The van der Waals surface area contributed by atoms with Crippen molar-refractivity contribution in [1.29, 1.82) is 0 Å². The van der Waals surface area contributed by atoms with Crippen LogP contribution in [0.15, 0.2) is 18.3 Å². The summed E-state index contributed by atoms with van der Waals surface area (Å²) in [5.74, 6) is 0.629. The second kappa shape index (κ2) is 5.51. The van der Waals surface area contributed by atoms with Crippen molar-refractivity contribution in [3.63, 3.8) is 0 Å². The number of likely N-dealkylation sites (tertiary alicyclic amines) is 1. The third-order valence-electron chi connectivity index (χ3n) is 3.40. The molecule has 1 aliphatic rings. The number of rotatable bonds is 2. The van der Waals surface area contributed by atoms with Gasteiger partial charge in [0.05, 0.1) is 5.69 Å². The molecule has 0 radical (unpaired) electrons. The van der Waals surface area contributed by atoms with Crippen LogP contribution in [0.5, 0.6) is 5.75 Å². The predicted molar refractivity (Wildman–Crippen MR) is 67.2 cm³/mol. The summed E-state index contributed by atoms with van der Waals surface area (Å²) in [6, 6.07) is 4.00. The quantitative estimate of drug-likeness (QED) is 0.865. The smallest absolute Gasteiger partial charge is 0.137 e. The fraction of sp³-hybridized carbons (Fsp3) is 0.583. The summed E-state index contributed by atoms with van der Waals surface area (Å²) in [4.78, 5) is 6.64. The zero-order valence-corrected chi connectivity index (χ0v) is 10.6. The summed E-state index contributed by atoms with van der Waals surface area (Å²) in [6.45, 7) is 3.30. The molecule has 16 heavy (non-hydrogen) atoms. The second-order valence-corrected chi connectivity index (χ2v) is 4.39. The Morgan fingerprint density at radius 1 is 1.56 bits per heavy atom. The summed E-state index contributed by atoms with van der Waals surface area (Å²) in [6.07, 6.45) is 4.20. The largest absolute Gasteiger partial charge is 0.506 e. The van der Waals surface area contributed by atoms with E-state index in [1.165, 1.54) is 12.8 Å². The van der Waals surface area contributed by atoms with E-state index in [0.717, 1.165) is 12.2 Å². The van der Waals surface area contributed by atoms with Gasteiger partial charge in [-0.2, -0.15) is 0 Å². The fourth-order valence-electron chi connectivity index (χ4n) is 2.51. The van der Waals surface area contributed by atoms with Gasteiger partial charge in [0.15, 0.2) is 0 Å². The number of pyridine rings is 1. The molecule has 0 aliphatic carbocycles. The summed E-state index contributed by atoms with van der Waals surface area (Å²) in [7, 11) is 2.15. The van der Waals surface area contributed by atoms with E-state index in [-0.39, 0.29) is 12.4 Å². The fourth-order valence-corrected chi connectivity index (χ4v) is 2.51. The van der Waals surface area contributed by atoms with Gasteiger partial charge in [0.2, 0.25) is 0 Å². The maximum absolute atomic E-state index is 9.75. The Kier molecular flexibility index (Phi) is 4.56. The van der Waals surface area contributed by atoms with Gasteiger partial charge >= 0.3 is 0 Å². The van der Waals surface area contributed by atoms with Gasteiger partial charge in [-0.25, -0.2) is 0 Å². The lowest BCUT2D eigenvalue weighted by molar-refractivity contribution is 0.273. The molecule has 90 valence electrons. The summed E-state index contributed by atoms with van der Waals surface area (Å²) in [5.41, 5.74) is 0.830. The highest BCUT2D eigenvalue weighted by Gasteiger charge is 2.29. The molecule has 0 saturated carbocycles. The standard InChI is InChI=1S/C12H18N2O.ClH/c1-9(10-5-4-8-14(10)2)12-11(15)6-3-7-13-12;/h3,6-7,9-10,15H,4-5,8H2,1-2H3;1H/t9?,10-;/m0./s1. The van der Waals surface area contributed by atoms with E-state index < -0.39 is 0 Å². The molecule has 2 atom stereocenters. The number of aromatic nitrogens is 1. The van der Waals surface area contributed by atoms with Gasteiger partial charge in [0, 0.05) is 18.2 Å². The maximum atomic E-state index is 9.75. The molecule has 1 unspecified atom stereocenters. The van der Waals surface area contributed by atoms with Crippen LogP contribution in [0.25, 0.3) is 0 Å². The Hall–Kier alpha value is -0.800. The number of likely N-dealkylation sites (N-methyl/N-ethyl adjacent to an activating group) is 1. The number of aromatic hydroxyl groups is 1. The van der Waals surface area contributed by atoms with Gasteiger partial charge in [0.1, 0.15) is 5.75 Å². The van der Waals surface area contributed by atoms with Crippen LogP contribution in [0.2, 0.25) is 0 Å². The average molecular weight is 243 g/mol. The summed E-state index contributed by atoms with van der Waals surface area (Å²) < 4.78 is 0. The van der Waals surface area contributed by atoms with Crippen molar-refractivity contribution in [2.24, 2.45) is 0 Å². The van der Waals surface area contributed by atoms with Gasteiger partial charge in [-0.05, 0) is 38.6 Å². The van der Waals surface area contributed by atoms with Crippen LogP contribution in [0.3, 0.4) is 0 Å². The molecule has 0 bridgehead atoms. The lowest BCUT2D eigenvalue weighted by Crippen LogP contribution is -2.30. The first-order valence-corrected chi connectivity index (χ1v) is 5.54. The molecule has 1 aromatic rings. The van der Waals surface area contributed by atoms with Crippen LogP contribution in [0, 0.1) is 0 Å². The summed E-state index contributed by atoms with van der Waals surface area (Å²) >= 11 is 0. The zero-order valence-electron chi connectivity index (χ0n) is 9.76. The molecule has 1 saturated heterocycles. The lowest BCUT2D eigenvalue weighted by atomic mass is 9.95. The lowest BCUT2D eigenvalue weighted by Gasteiger charge is -2.26. The molecule has 0 spiro atoms. The van der Waals surface area contributed by atoms with E-state index in [1.807, 2.05) is 0 Å². The highest BCUT2D eigenvalue weighted by Crippen LogP contribution is 2.32. The van der Waals surface area contributed by atoms with Crippen LogP contribution in [0.4, 0.5) is 0 Å². The molecule has 2 rings (SSSR count). The first-order chi connectivity index (χ1) is 7.20. The molecule has 2 heterocycles. The Bertz CT molecular complexity index is 346. The van der Waals surface area contributed by atoms with E-state index >= 15 is 0 Å². The molecule has 1 N–H and O–H groups in total. The monoisotopic (exact) mass is 242 g/mol. The van der Waals surface area contributed by atoms with E-state index in [2.05, 4.69) is 23.9 Å². The number of halogens is 1. The Balaban J connectivity index is 0.00000128. The highest BCUT2D eigenvalue weighted by atomic mass is 35.5. The van der Waals surface area contributed by atoms with Crippen molar-refractivity contribution >= 4 is 12.4 Å².